The summed E-state index contributed by atoms with van der Waals surface area (Å²) >= 11 is 0. The molecule has 0 bridgehead atoms. The van der Waals surface area contributed by atoms with Gasteiger partial charge >= 0.3 is 0 Å². The van der Waals surface area contributed by atoms with Gasteiger partial charge in [-0.05, 0) is 19.1 Å². The van der Waals surface area contributed by atoms with Gasteiger partial charge in [-0.25, -0.2) is 8.42 Å². The Morgan fingerprint density at radius 2 is 1.79 bits per heavy atom. The van der Waals surface area contributed by atoms with Gasteiger partial charge in [-0.1, -0.05) is 17.7 Å². The Bertz CT molecular complexity index is 403. The minimum absolute atomic E-state index is 0.0518. The molecule has 0 spiro atoms. The summed E-state index contributed by atoms with van der Waals surface area (Å²) in [4.78, 5) is 10.4. The van der Waals surface area contributed by atoms with Crippen molar-refractivity contribution in [1.82, 2.24) is 0 Å². The van der Waals surface area contributed by atoms with E-state index in [-0.39, 0.29) is 17.1 Å². The Kier molecular flexibility index (Phi) is 3.41. The molecule has 1 aromatic rings. The van der Waals surface area contributed by atoms with Crippen molar-refractivity contribution < 1.29 is 13.2 Å². The first-order chi connectivity index (χ1) is 6.56. The second-order valence-electron chi connectivity index (χ2n) is 3.09. The van der Waals surface area contributed by atoms with E-state index in [1.807, 2.05) is 6.92 Å². The monoisotopic (exact) mass is 212 g/mol. The average molecular weight is 212 g/mol. The summed E-state index contributed by atoms with van der Waals surface area (Å²) in [5.41, 5.74) is 1.01. The molecule has 0 atom stereocenters. The van der Waals surface area contributed by atoms with E-state index in [9.17, 15) is 13.2 Å². The molecule has 0 amide bonds. The fraction of sp³-hybridized carbons (Fsp3) is 0.300. The van der Waals surface area contributed by atoms with Gasteiger partial charge < -0.3 is 4.79 Å². The van der Waals surface area contributed by atoms with Crippen LogP contribution in [0.2, 0.25) is 0 Å². The highest BCUT2D eigenvalue weighted by atomic mass is 32.2. The third-order valence-corrected chi connectivity index (χ3v) is 3.65. The molecule has 0 aromatic heterocycles. The van der Waals surface area contributed by atoms with Crippen LogP contribution in [0.3, 0.4) is 0 Å². The van der Waals surface area contributed by atoms with E-state index < -0.39 is 9.84 Å². The minimum atomic E-state index is -3.27. The van der Waals surface area contributed by atoms with Crippen LogP contribution in [-0.4, -0.2) is 20.5 Å². The zero-order valence-electron chi connectivity index (χ0n) is 7.93. The molecule has 4 heteroatoms. The highest BCUT2D eigenvalue weighted by Gasteiger charge is 2.12. The third-order valence-electron chi connectivity index (χ3n) is 1.88. The maximum atomic E-state index is 11.5. The number of rotatable bonds is 4. The summed E-state index contributed by atoms with van der Waals surface area (Å²) in [5, 5.41) is 0. The summed E-state index contributed by atoms with van der Waals surface area (Å²) < 4.78 is 23.1. The van der Waals surface area contributed by atoms with Crippen LogP contribution >= 0.6 is 0 Å². The smallest absolute Gasteiger partial charge is 0.178 e. The average Bonchev–Trinajstić information content (AvgIpc) is 2.16. The molecule has 1 aromatic carbocycles. The molecule has 0 saturated heterocycles. The molecule has 0 radical (unpaired) electrons. The van der Waals surface area contributed by atoms with E-state index in [2.05, 4.69) is 0 Å². The molecule has 0 aliphatic carbocycles. The van der Waals surface area contributed by atoms with Crippen molar-refractivity contribution in [3.05, 3.63) is 29.8 Å². The standard InChI is InChI=1S/C10H12O3S/c1-9-3-5-10(6-4-9)14(12,13)8-2-7-11/h3-7H,2,8H2,1H3. The molecule has 0 heterocycles. The molecule has 76 valence electrons. The summed E-state index contributed by atoms with van der Waals surface area (Å²) in [6.45, 7) is 1.89. The van der Waals surface area contributed by atoms with Crippen LogP contribution in [0.5, 0.6) is 0 Å². The molecule has 0 N–H and O–H groups in total. The van der Waals surface area contributed by atoms with Crippen LogP contribution in [0.15, 0.2) is 29.2 Å². The van der Waals surface area contributed by atoms with Gasteiger partial charge in [-0.2, -0.15) is 0 Å². The lowest BCUT2D eigenvalue weighted by Crippen LogP contribution is -2.06. The first-order valence-electron chi connectivity index (χ1n) is 4.29. The molecular formula is C10H12O3S. The highest BCUT2D eigenvalue weighted by molar-refractivity contribution is 7.91. The number of carbonyl (C=O) groups excluding carboxylic acids is 1. The molecule has 0 unspecified atom stereocenters. The van der Waals surface area contributed by atoms with Crippen molar-refractivity contribution in [3.63, 3.8) is 0 Å². The van der Waals surface area contributed by atoms with Crippen LogP contribution in [-0.2, 0) is 14.6 Å². The lowest BCUT2D eigenvalue weighted by molar-refractivity contribution is -0.107. The topological polar surface area (TPSA) is 51.2 Å². The predicted molar refractivity (Wildman–Crippen MR) is 53.9 cm³/mol. The Balaban J connectivity index is 2.93. The lowest BCUT2D eigenvalue weighted by atomic mass is 10.2. The van der Waals surface area contributed by atoms with Crippen molar-refractivity contribution in [2.75, 3.05) is 5.75 Å². The van der Waals surface area contributed by atoms with Crippen LogP contribution in [0.25, 0.3) is 0 Å². The number of sulfone groups is 1. The molecule has 0 saturated carbocycles. The number of hydrogen-bond acceptors (Lipinski definition) is 3. The van der Waals surface area contributed by atoms with Crippen molar-refractivity contribution in [2.24, 2.45) is 0 Å². The van der Waals surface area contributed by atoms with Crippen LogP contribution in [0, 0.1) is 6.92 Å². The highest BCUT2D eigenvalue weighted by Crippen LogP contribution is 2.12. The Morgan fingerprint density at radius 3 is 2.29 bits per heavy atom. The maximum absolute atomic E-state index is 11.5. The largest absolute Gasteiger partial charge is 0.303 e. The summed E-state index contributed by atoms with van der Waals surface area (Å²) in [5.74, 6) is -0.112. The third kappa shape index (κ3) is 2.67. The second-order valence-corrected chi connectivity index (χ2v) is 5.20. The predicted octanol–water partition coefficient (Wildman–Crippen LogP) is 1.36. The summed E-state index contributed by atoms with van der Waals surface area (Å²) in [6.07, 6.45) is 0.669. The molecule has 0 aliphatic heterocycles. The fourth-order valence-electron chi connectivity index (χ4n) is 1.07. The van der Waals surface area contributed by atoms with Crippen LogP contribution < -0.4 is 0 Å². The molecule has 0 fully saturated rings. The van der Waals surface area contributed by atoms with Gasteiger partial charge in [0.25, 0.3) is 0 Å². The van der Waals surface area contributed by atoms with Crippen molar-refractivity contribution >= 4 is 16.1 Å². The van der Waals surface area contributed by atoms with E-state index in [4.69, 9.17) is 0 Å². The van der Waals surface area contributed by atoms with Gasteiger partial charge in [-0.3, -0.25) is 0 Å². The van der Waals surface area contributed by atoms with E-state index in [1.165, 1.54) is 0 Å². The van der Waals surface area contributed by atoms with Crippen LogP contribution in [0.1, 0.15) is 12.0 Å². The normalized spacial score (nSPS) is 11.2. The van der Waals surface area contributed by atoms with Crippen molar-refractivity contribution in [1.29, 1.82) is 0 Å². The molecule has 1 rings (SSSR count). The van der Waals surface area contributed by atoms with Gasteiger partial charge in [-0.15, -0.1) is 0 Å². The maximum Gasteiger partial charge on any atom is 0.178 e. The van der Waals surface area contributed by atoms with E-state index >= 15 is 0 Å². The number of carbonyl (C=O) groups is 1. The van der Waals surface area contributed by atoms with Gasteiger partial charge in [0.05, 0.1) is 10.6 Å². The Hall–Kier alpha value is -1.16. The van der Waals surface area contributed by atoms with Gasteiger partial charge in [0.1, 0.15) is 6.29 Å². The van der Waals surface area contributed by atoms with E-state index in [0.717, 1.165) is 5.56 Å². The van der Waals surface area contributed by atoms with Gasteiger partial charge in [0.2, 0.25) is 0 Å². The number of benzene rings is 1. The van der Waals surface area contributed by atoms with Crippen molar-refractivity contribution in [3.8, 4) is 0 Å². The Labute approximate surface area is 83.7 Å². The number of hydrogen-bond donors (Lipinski definition) is 0. The first-order valence-corrected chi connectivity index (χ1v) is 5.94. The SMILES string of the molecule is Cc1ccc(S(=O)(=O)CCC=O)cc1. The minimum Gasteiger partial charge on any atom is -0.303 e. The summed E-state index contributed by atoms with van der Waals surface area (Å²) in [7, 11) is -3.27. The first kappa shape index (κ1) is 10.9. The van der Waals surface area contributed by atoms with E-state index in [1.54, 1.807) is 24.3 Å². The second kappa shape index (κ2) is 4.37. The zero-order valence-corrected chi connectivity index (χ0v) is 8.75. The van der Waals surface area contributed by atoms with Crippen LogP contribution in [0.4, 0.5) is 0 Å². The Morgan fingerprint density at radius 1 is 1.21 bits per heavy atom. The van der Waals surface area contributed by atoms with Crippen molar-refractivity contribution in [2.45, 2.75) is 18.2 Å². The summed E-state index contributed by atoms with van der Waals surface area (Å²) in [6, 6.07) is 6.62. The number of aldehydes is 1. The molecule has 14 heavy (non-hydrogen) atoms. The zero-order chi connectivity index (χ0) is 10.6. The van der Waals surface area contributed by atoms with Gasteiger partial charge in [0.15, 0.2) is 9.84 Å². The lowest BCUT2D eigenvalue weighted by Gasteiger charge is -2.01. The fourth-order valence-corrected chi connectivity index (χ4v) is 2.26. The molecular weight excluding hydrogens is 200 g/mol. The van der Waals surface area contributed by atoms with Gasteiger partial charge in [0, 0.05) is 6.42 Å². The quantitative estimate of drug-likeness (QED) is 0.708. The molecule has 0 aliphatic rings. The van der Waals surface area contributed by atoms with E-state index in [0.29, 0.717) is 6.29 Å². The number of aryl methyl sites for hydroxylation is 1. The molecule has 3 nitrogen and oxygen atoms in total.